The van der Waals surface area contributed by atoms with Crippen LogP contribution < -0.4 is 10.6 Å². The molecule has 0 saturated heterocycles. The highest BCUT2D eigenvalue weighted by Gasteiger charge is 2.57. The predicted octanol–water partition coefficient (Wildman–Crippen LogP) is 3.66. The molecule has 8 fully saturated rings. The molecule has 8 aliphatic carbocycles. The van der Waals surface area contributed by atoms with Gasteiger partial charge in [0, 0.05) is 20.6 Å². The largest absolute Gasteiger partial charge is 0.357 e. The Hall–Kier alpha value is -1.56. The highest BCUT2D eigenvalue weighted by molar-refractivity contribution is 5.86. The Bertz CT molecular complexity index is 794. The van der Waals surface area contributed by atoms with E-state index in [0.717, 1.165) is 85.6 Å². The molecule has 1 heterocycles. The predicted molar refractivity (Wildman–Crippen MR) is 130 cm³/mol. The van der Waals surface area contributed by atoms with E-state index in [-0.39, 0.29) is 10.8 Å². The Labute approximate surface area is 204 Å². The van der Waals surface area contributed by atoms with Gasteiger partial charge in [0.1, 0.15) is 5.82 Å². The summed E-state index contributed by atoms with van der Waals surface area (Å²) in [5.41, 5.74) is 0.616. The smallest absolute Gasteiger partial charge is 0.234 e. The van der Waals surface area contributed by atoms with Gasteiger partial charge in [0.15, 0.2) is 0 Å². The van der Waals surface area contributed by atoms with Gasteiger partial charge < -0.3 is 10.2 Å². The molecule has 34 heavy (non-hydrogen) atoms. The van der Waals surface area contributed by atoms with Crippen LogP contribution in [0.3, 0.4) is 0 Å². The molecule has 2 amide bonds. The van der Waals surface area contributed by atoms with Gasteiger partial charge in [-0.05, 0) is 113 Å². The number of amides is 2. The van der Waals surface area contributed by atoms with Crippen LogP contribution in [-0.2, 0) is 9.59 Å². The van der Waals surface area contributed by atoms with E-state index in [0.29, 0.717) is 25.0 Å². The Kier molecular flexibility index (Phi) is 4.77. The van der Waals surface area contributed by atoms with Crippen molar-refractivity contribution < 1.29 is 9.59 Å². The number of hydrogen-bond donors (Lipinski definition) is 2. The minimum Gasteiger partial charge on any atom is -0.357 e. The molecule has 9 rings (SSSR count). The third-order valence-corrected chi connectivity index (χ3v) is 11.3. The van der Waals surface area contributed by atoms with Crippen molar-refractivity contribution in [2.75, 3.05) is 27.3 Å². The van der Waals surface area contributed by atoms with Crippen LogP contribution in [0.4, 0.5) is 0 Å². The van der Waals surface area contributed by atoms with Gasteiger partial charge in [-0.1, -0.05) is 0 Å². The summed E-state index contributed by atoms with van der Waals surface area (Å²) in [6, 6.07) is 0. The number of rotatable bonds is 4. The fourth-order valence-corrected chi connectivity index (χ4v) is 10.8. The van der Waals surface area contributed by atoms with E-state index in [2.05, 4.69) is 10.6 Å². The maximum Gasteiger partial charge on any atom is 0.234 e. The van der Waals surface area contributed by atoms with Crippen molar-refractivity contribution in [3.63, 3.8) is 0 Å². The van der Waals surface area contributed by atoms with Crippen molar-refractivity contribution in [1.82, 2.24) is 20.4 Å². The average Bonchev–Trinajstić information content (AvgIpc) is 2.80. The van der Waals surface area contributed by atoms with Crippen LogP contribution >= 0.6 is 0 Å². The van der Waals surface area contributed by atoms with Gasteiger partial charge in [-0.2, -0.15) is 0 Å². The zero-order valence-corrected chi connectivity index (χ0v) is 21.1. The SMILES string of the molecule is CN(C(=O)C12CC3CC(CC(C3)C1)C2)C1=C(N(C)C(=O)C23CC4CC(CC(C4)C2)C3)NCNC1. The van der Waals surface area contributed by atoms with Crippen LogP contribution in [0.1, 0.15) is 77.0 Å². The van der Waals surface area contributed by atoms with Gasteiger partial charge >= 0.3 is 0 Å². The Morgan fingerprint density at radius 1 is 0.676 bits per heavy atom. The van der Waals surface area contributed by atoms with E-state index in [4.69, 9.17) is 0 Å². The molecule has 2 N–H and O–H groups in total. The first-order chi connectivity index (χ1) is 16.3. The normalized spacial score (nSPS) is 45.9. The van der Waals surface area contributed by atoms with Crippen LogP contribution in [0, 0.1) is 46.3 Å². The lowest BCUT2D eigenvalue weighted by Gasteiger charge is -2.57. The molecule has 0 aromatic heterocycles. The zero-order valence-electron chi connectivity index (χ0n) is 21.1. The molecule has 6 nitrogen and oxygen atoms in total. The second-order valence-electron chi connectivity index (χ2n) is 13.7. The standard InChI is InChI=1S/C28H42N4O2/c1-31(25(33)27-9-17-3-18(10-27)5-19(4-17)11-27)23-15-29-16-30-24(23)32(2)26(34)28-12-20-6-21(13-28)8-22(7-20)14-28/h17-22,29-30H,3-16H2,1-2H3. The molecule has 1 aliphatic heterocycles. The number of carbonyl (C=O) groups excluding carboxylic acids is 2. The molecule has 0 unspecified atom stereocenters. The lowest BCUT2D eigenvalue weighted by Crippen LogP contribution is -2.57. The van der Waals surface area contributed by atoms with Gasteiger partial charge in [-0.25, -0.2) is 0 Å². The molecular weight excluding hydrogens is 424 g/mol. The number of likely N-dealkylation sites (N-methyl/N-ethyl adjacent to an activating group) is 1. The molecule has 9 aliphatic rings. The Morgan fingerprint density at radius 3 is 1.47 bits per heavy atom. The van der Waals surface area contributed by atoms with E-state index >= 15 is 0 Å². The van der Waals surface area contributed by atoms with Crippen molar-refractivity contribution in [1.29, 1.82) is 0 Å². The number of nitrogens with one attached hydrogen (secondary N) is 2. The van der Waals surface area contributed by atoms with Crippen molar-refractivity contribution >= 4 is 11.8 Å². The molecule has 0 aromatic carbocycles. The van der Waals surface area contributed by atoms with Crippen molar-refractivity contribution in [2.45, 2.75) is 77.0 Å². The summed E-state index contributed by atoms with van der Waals surface area (Å²) in [5.74, 6) is 5.96. The summed E-state index contributed by atoms with van der Waals surface area (Å²) in [5, 5.41) is 6.87. The van der Waals surface area contributed by atoms with Crippen LogP contribution in [-0.4, -0.2) is 48.9 Å². The Balaban J connectivity index is 1.16. The number of carbonyl (C=O) groups is 2. The summed E-state index contributed by atoms with van der Waals surface area (Å²) in [6.07, 6.45) is 14.5. The zero-order chi connectivity index (χ0) is 23.2. The number of nitrogens with zero attached hydrogens (tertiary/aromatic N) is 2. The summed E-state index contributed by atoms with van der Waals surface area (Å²) in [7, 11) is 3.92. The van der Waals surface area contributed by atoms with E-state index < -0.39 is 0 Å². The van der Waals surface area contributed by atoms with E-state index in [1.165, 1.54) is 38.5 Å². The van der Waals surface area contributed by atoms with E-state index in [1.807, 2.05) is 23.9 Å². The Morgan fingerprint density at radius 2 is 1.06 bits per heavy atom. The molecule has 0 radical (unpaired) electrons. The first-order valence-corrected chi connectivity index (χ1v) is 14.1. The number of hydrogen-bond acceptors (Lipinski definition) is 4. The molecule has 0 atom stereocenters. The minimum atomic E-state index is -0.170. The summed E-state index contributed by atoms with van der Waals surface area (Å²) in [6.45, 7) is 1.27. The average molecular weight is 467 g/mol. The van der Waals surface area contributed by atoms with Gasteiger partial charge in [-0.3, -0.25) is 19.8 Å². The van der Waals surface area contributed by atoms with Crippen molar-refractivity contribution in [2.24, 2.45) is 46.3 Å². The van der Waals surface area contributed by atoms with E-state index in [1.54, 1.807) is 0 Å². The highest BCUT2D eigenvalue weighted by Crippen LogP contribution is 2.62. The quantitative estimate of drug-likeness (QED) is 0.664. The molecular formula is C28H42N4O2. The maximum atomic E-state index is 14.1. The molecule has 0 aromatic rings. The van der Waals surface area contributed by atoms with Crippen LogP contribution in [0.5, 0.6) is 0 Å². The molecule has 8 saturated carbocycles. The second-order valence-corrected chi connectivity index (χ2v) is 13.7. The first-order valence-electron chi connectivity index (χ1n) is 14.1. The minimum absolute atomic E-state index is 0.165. The highest BCUT2D eigenvalue weighted by atomic mass is 16.2. The second kappa shape index (κ2) is 7.47. The summed E-state index contributed by atoms with van der Waals surface area (Å²) < 4.78 is 0. The van der Waals surface area contributed by atoms with Crippen LogP contribution in [0.15, 0.2) is 11.5 Å². The van der Waals surface area contributed by atoms with Gasteiger partial charge in [0.2, 0.25) is 11.8 Å². The van der Waals surface area contributed by atoms with Gasteiger partial charge in [-0.15, -0.1) is 0 Å². The van der Waals surface area contributed by atoms with Gasteiger partial charge in [0.05, 0.1) is 23.2 Å². The monoisotopic (exact) mass is 466 g/mol. The lowest BCUT2D eigenvalue weighted by atomic mass is 9.49. The topological polar surface area (TPSA) is 64.7 Å². The van der Waals surface area contributed by atoms with Crippen LogP contribution in [0.25, 0.3) is 0 Å². The maximum absolute atomic E-state index is 14.1. The molecule has 0 spiro atoms. The summed E-state index contributed by atoms with van der Waals surface area (Å²) in [4.78, 5) is 32.0. The third kappa shape index (κ3) is 3.16. The molecule has 186 valence electrons. The lowest BCUT2D eigenvalue weighted by molar-refractivity contribution is -0.156. The first kappa shape index (κ1) is 21.7. The summed E-state index contributed by atoms with van der Waals surface area (Å²) >= 11 is 0. The molecule has 6 heteroatoms. The van der Waals surface area contributed by atoms with E-state index in [9.17, 15) is 9.59 Å². The van der Waals surface area contributed by atoms with Crippen molar-refractivity contribution in [3.8, 4) is 0 Å². The fraction of sp³-hybridized carbons (Fsp3) is 0.857. The third-order valence-electron chi connectivity index (χ3n) is 11.3. The molecule has 8 bridgehead atoms. The van der Waals surface area contributed by atoms with Crippen LogP contribution in [0.2, 0.25) is 0 Å². The van der Waals surface area contributed by atoms with Gasteiger partial charge in [0.25, 0.3) is 0 Å². The van der Waals surface area contributed by atoms with Crippen molar-refractivity contribution in [3.05, 3.63) is 11.5 Å². The fourth-order valence-electron chi connectivity index (χ4n) is 10.8.